The monoisotopic (exact) mass is 309 g/mol. The number of carbonyl (C=O) groups is 1. The number of aromatic nitrogens is 2. The van der Waals surface area contributed by atoms with Gasteiger partial charge in [-0.3, -0.25) is 14.8 Å². The zero-order valence-electron chi connectivity index (χ0n) is 12.1. The van der Waals surface area contributed by atoms with Gasteiger partial charge in [0.15, 0.2) is 0 Å². The topological polar surface area (TPSA) is 54.9 Å². The summed E-state index contributed by atoms with van der Waals surface area (Å²) in [7, 11) is 0. The van der Waals surface area contributed by atoms with Gasteiger partial charge in [-0.1, -0.05) is 6.07 Å². The molecule has 5 heteroatoms. The quantitative estimate of drug-likeness (QED) is 0.803. The van der Waals surface area contributed by atoms with Crippen molar-refractivity contribution in [1.29, 1.82) is 0 Å². The fraction of sp³-hybridized carbons (Fsp3) is 0.118. The SMILES string of the molecule is Cc1nc(-c2cccs2)ccc1C(=O)NCc1ccncc1. The van der Waals surface area contributed by atoms with Gasteiger partial charge in [0.25, 0.3) is 5.91 Å². The molecule has 0 aliphatic carbocycles. The minimum absolute atomic E-state index is 0.112. The number of aryl methyl sites for hydroxylation is 1. The van der Waals surface area contributed by atoms with E-state index >= 15 is 0 Å². The molecule has 1 N–H and O–H groups in total. The van der Waals surface area contributed by atoms with Gasteiger partial charge in [-0.05, 0) is 48.2 Å². The van der Waals surface area contributed by atoms with Crippen LogP contribution in [0.15, 0.2) is 54.2 Å². The lowest BCUT2D eigenvalue weighted by molar-refractivity contribution is 0.0950. The number of nitrogens with one attached hydrogen (secondary N) is 1. The predicted octanol–water partition coefficient (Wildman–Crippen LogP) is 3.44. The second kappa shape index (κ2) is 6.49. The highest BCUT2D eigenvalue weighted by molar-refractivity contribution is 7.13. The molecule has 0 fully saturated rings. The second-order valence-corrected chi connectivity index (χ2v) is 5.79. The van der Waals surface area contributed by atoms with E-state index in [1.165, 1.54) is 0 Å². The molecule has 110 valence electrons. The van der Waals surface area contributed by atoms with Crippen LogP contribution in [0.25, 0.3) is 10.6 Å². The molecule has 0 aliphatic rings. The second-order valence-electron chi connectivity index (χ2n) is 4.84. The van der Waals surface area contributed by atoms with E-state index in [1.807, 2.05) is 48.7 Å². The van der Waals surface area contributed by atoms with Crippen molar-refractivity contribution in [3.63, 3.8) is 0 Å². The van der Waals surface area contributed by atoms with Gasteiger partial charge >= 0.3 is 0 Å². The van der Waals surface area contributed by atoms with Gasteiger partial charge in [0.2, 0.25) is 0 Å². The first-order valence-electron chi connectivity index (χ1n) is 6.92. The summed E-state index contributed by atoms with van der Waals surface area (Å²) in [5, 5.41) is 4.92. The smallest absolute Gasteiger partial charge is 0.253 e. The van der Waals surface area contributed by atoms with E-state index in [4.69, 9.17) is 0 Å². The number of carbonyl (C=O) groups excluding carboxylic acids is 1. The minimum Gasteiger partial charge on any atom is -0.348 e. The largest absolute Gasteiger partial charge is 0.348 e. The Kier molecular flexibility index (Phi) is 4.25. The summed E-state index contributed by atoms with van der Waals surface area (Å²) >= 11 is 1.64. The summed E-state index contributed by atoms with van der Waals surface area (Å²) in [6, 6.07) is 11.5. The van der Waals surface area contributed by atoms with Crippen molar-refractivity contribution in [3.05, 3.63) is 71.0 Å². The zero-order valence-corrected chi connectivity index (χ0v) is 12.9. The van der Waals surface area contributed by atoms with Crippen molar-refractivity contribution in [2.24, 2.45) is 0 Å². The van der Waals surface area contributed by atoms with Gasteiger partial charge in [-0.25, -0.2) is 0 Å². The predicted molar refractivity (Wildman–Crippen MR) is 87.7 cm³/mol. The minimum atomic E-state index is -0.112. The third-order valence-electron chi connectivity index (χ3n) is 3.31. The Morgan fingerprint density at radius 1 is 1.18 bits per heavy atom. The molecule has 0 unspecified atom stereocenters. The van der Waals surface area contributed by atoms with Crippen LogP contribution in [0, 0.1) is 6.92 Å². The molecule has 0 saturated carbocycles. The highest BCUT2D eigenvalue weighted by Crippen LogP contribution is 2.23. The van der Waals surface area contributed by atoms with E-state index in [0.717, 1.165) is 21.8 Å². The lowest BCUT2D eigenvalue weighted by atomic mass is 10.1. The average molecular weight is 309 g/mol. The molecule has 0 atom stereocenters. The molecule has 22 heavy (non-hydrogen) atoms. The molecule has 4 nitrogen and oxygen atoms in total. The zero-order chi connectivity index (χ0) is 15.4. The molecule has 0 bridgehead atoms. The van der Waals surface area contributed by atoms with Crippen molar-refractivity contribution in [3.8, 4) is 10.6 Å². The molecule has 1 amide bonds. The lowest BCUT2D eigenvalue weighted by Crippen LogP contribution is -2.24. The number of pyridine rings is 2. The highest BCUT2D eigenvalue weighted by atomic mass is 32.1. The van der Waals surface area contributed by atoms with E-state index in [2.05, 4.69) is 15.3 Å². The van der Waals surface area contributed by atoms with Crippen LogP contribution < -0.4 is 5.32 Å². The number of rotatable bonds is 4. The van der Waals surface area contributed by atoms with Crippen molar-refractivity contribution >= 4 is 17.2 Å². The van der Waals surface area contributed by atoms with E-state index in [0.29, 0.717) is 12.1 Å². The fourth-order valence-electron chi connectivity index (χ4n) is 2.14. The molecule has 3 heterocycles. The molecule has 3 aromatic rings. The van der Waals surface area contributed by atoms with Gasteiger partial charge in [0.1, 0.15) is 0 Å². The summed E-state index contributed by atoms with van der Waals surface area (Å²) in [6.45, 7) is 2.34. The third kappa shape index (κ3) is 3.20. The summed E-state index contributed by atoms with van der Waals surface area (Å²) in [5.74, 6) is -0.112. The van der Waals surface area contributed by atoms with E-state index in [9.17, 15) is 4.79 Å². The Morgan fingerprint density at radius 2 is 2.00 bits per heavy atom. The first-order valence-corrected chi connectivity index (χ1v) is 7.80. The summed E-state index contributed by atoms with van der Waals surface area (Å²) in [6.07, 6.45) is 3.42. The van der Waals surface area contributed by atoms with Crippen LogP contribution in [0.5, 0.6) is 0 Å². The summed E-state index contributed by atoms with van der Waals surface area (Å²) in [4.78, 5) is 21.9. The first-order chi connectivity index (χ1) is 10.7. The van der Waals surface area contributed by atoms with Crippen LogP contribution in [-0.2, 0) is 6.54 Å². The summed E-state index contributed by atoms with van der Waals surface area (Å²) < 4.78 is 0. The molecular formula is C17H15N3OS. The van der Waals surface area contributed by atoms with E-state index < -0.39 is 0 Å². The Labute approximate surface area is 132 Å². The molecule has 0 saturated heterocycles. The Balaban J connectivity index is 1.73. The van der Waals surface area contributed by atoms with Crippen molar-refractivity contribution in [2.75, 3.05) is 0 Å². The van der Waals surface area contributed by atoms with Gasteiger partial charge in [0.05, 0.1) is 21.8 Å². The Bertz CT molecular complexity index is 770. The van der Waals surface area contributed by atoms with E-state index in [1.54, 1.807) is 23.7 Å². The maximum absolute atomic E-state index is 12.3. The standard InChI is InChI=1S/C17H15N3OS/c1-12-14(4-5-15(20-12)16-3-2-10-22-16)17(21)19-11-13-6-8-18-9-7-13/h2-10H,11H2,1H3,(H,19,21). The number of hydrogen-bond donors (Lipinski definition) is 1. The normalized spacial score (nSPS) is 10.4. The van der Waals surface area contributed by atoms with Crippen LogP contribution >= 0.6 is 11.3 Å². The van der Waals surface area contributed by atoms with Crippen molar-refractivity contribution in [1.82, 2.24) is 15.3 Å². The Morgan fingerprint density at radius 3 is 2.68 bits per heavy atom. The maximum atomic E-state index is 12.3. The van der Waals surface area contributed by atoms with Gasteiger partial charge in [-0.15, -0.1) is 11.3 Å². The number of thiophene rings is 1. The molecule has 0 aromatic carbocycles. The van der Waals surface area contributed by atoms with E-state index in [-0.39, 0.29) is 5.91 Å². The van der Waals surface area contributed by atoms with Crippen molar-refractivity contribution < 1.29 is 4.79 Å². The molecule has 0 spiro atoms. The van der Waals surface area contributed by atoms with Crippen molar-refractivity contribution in [2.45, 2.75) is 13.5 Å². The van der Waals surface area contributed by atoms with Gasteiger partial charge < -0.3 is 5.32 Å². The third-order valence-corrected chi connectivity index (χ3v) is 4.20. The number of amides is 1. The highest BCUT2D eigenvalue weighted by Gasteiger charge is 2.11. The summed E-state index contributed by atoms with van der Waals surface area (Å²) in [5.41, 5.74) is 3.26. The molecule has 3 rings (SSSR count). The Hall–Kier alpha value is -2.53. The van der Waals surface area contributed by atoms with Crippen LogP contribution in [0.2, 0.25) is 0 Å². The number of nitrogens with zero attached hydrogens (tertiary/aromatic N) is 2. The van der Waals surface area contributed by atoms with Gasteiger partial charge in [-0.2, -0.15) is 0 Å². The molecule has 3 aromatic heterocycles. The molecule has 0 aliphatic heterocycles. The fourth-order valence-corrected chi connectivity index (χ4v) is 2.84. The molecule has 0 radical (unpaired) electrons. The number of hydrogen-bond acceptors (Lipinski definition) is 4. The van der Waals surface area contributed by atoms with Crippen LogP contribution in [0.1, 0.15) is 21.6 Å². The average Bonchev–Trinajstić information content (AvgIpc) is 3.08. The molecular weight excluding hydrogens is 294 g/mol. The maximum Gasteiger partial charge on any atom is 0.253 e. The van der Waals surface area contributed by atoms with Crippen LogP contribution in [0.3, 0.4) is 0 Å². The van der Waals surface area contributed by atoms with Crippen LogP contribution in [0.4, 0.5) is 0 Å². The lowest BCUT2D eigenvalue weighted by Gasteiger charge is -2.08. The first kappa shape index (κ1) is 14.4. The van der Waals surface area contributed by atoms with Gasteiger partial charge in [0, 0.05) is 18.9 Å². The van der Waals surface area contributed by atoms with Crippen LogP contribution in [-0.4, -0.2) is 15.9 Å².